The zero-order chi connectivity index (χ0) is 17.0. The number of nitrogens with zero attached hydrogens (tertiary/aromatic N) is 3. The van der Waals surface area contributed by atoms with E-state index >= 15 is 0 Å². The van der Waals surface area contributed by atoms with Crippen LogP contribution in [-0.4, -0.2) is 48.8 Å². The van der Waals surface area contributed by atoms with Crippen molar-refractivity contribution in [3.63, 3.8) is 0 Å². The third-order valence-electron chi connectivity index (χ3n) is 4.48. The van der Waals surface area contributed by atoms with Crippen molar-refractivity contribution in [2.24, 2.45) is 13.0 Å². The second-order valence-corrected chi connectivity index (χ2v) is 8.66. The van der Waals surface area contributed by atoms with Crippen molar-refractivity contribution in [1.29, 1.82) is 0 Å². The molecule has 23 heavy (non-hydrogen) atoms. The molecule has 2 heterocycles. The summed E-state index contributed by atoms with van der Waals surface area (Å²) in [4.78, 5) is 2.45. The lowest BCUT2D eigenvalue weighted by Gasteiger charge is -2.32. The first-order chi connectivity index (χ1) is 10.8. The molecule has 1 fully saturated rings. The molecule has 0 spiro atoms. The summed E-state index contributed by atoms with van der Waals surface area (Å²) in [6, 6.07) is 0.0237. The van der Waals surface area contributed by atoms with E-state index in [1.54, 1.807) is 20.2 Å². The van der Waals surface area contributed by atoms with Crippen LogP contribution in [0.3, 0.4) is 0 Å². The molecular weight excluding hydrogens is 312 g/mol. The highest BCUT2D eigenvalue weighted by Crippen LogP contribution is 2.17. The van der Waals surface area contributed by atoms with E-state index < -0.39 is 10.0 Å². The Morgan fingerprint density at radius 2 is 2.00 bits per heavy atom. The van der Waals surface area contributed by atoms with Crippen LogP contribution < -0.4 is 4.72 Å². The molecule has 0 aromatic carbocycles. The number of sulfonamides is 1. The Kier molecular flexibility index (Phi) is 6.22. The zero-order valence-corrected chi connectivity index (χ0v) is 15.6. The summed E-state index contributed by atoms with van der Waals surface area (Å²) in [5.74, 6) is 0.751. The highest BCUT2D eigenvalue weighted by molar-refractivity contribution is 7.89. The van der Waals surface area contributed by atoms with Gasteiger partial charge in [0.25, 0.3) is 10.0 Å². The lowest BCUT2D eigenvalue weighted by molar-refractivity contribution is 0.201. The minimum absolute atomic E-state index is 0.0237. The normalized spacial score (nSPS) is 18.0. The molecule has 1 aliphatic heterocycles. The Morgan fingerprint density at radius 3 is 2.52 bits per heavy atom. The maximum absolute atomic E-state index is 12.5. The summed E-state index contributed by atoms with van der Waals surface area (Å²) >= 11 is 0. The Morgan fingerprint density at radius 1 is 1.35 bits per heavy atom. The van der Waals surface area contributed by atoms with Gasteiger partial charge in [-0.15, -0.1) is 0 Å². The van der Waals surface area contributed by atoms with E-state index in [0.29, 0.717) is 5.56 Å². The van der Waals surface area contributed by atoms with Crippen molar-refractivity contribution in [3.8, 4) is 0 Å². The van der Waals surface area contributed by atoms with Crippen molar-refractivity contribution < 1.29 is 8.42 Å². The summed E-state index contributed by atoms with van der Waals surface area (Å²) in [5.41, 5.74) is 0.686. The van der Waals surface area contributed by atoms with E-state index in [1.165, 1.54) is 17.5 Å². The van der Waals surface area contributed by atoms with E-state index in [2.05, 4.69) is 28.6 Å². The van der Waals surface area contributed by atoms with Crippen LogP contribution in [0.15, 0.2) is 11.2 Å². The Balaban J connectivity index is 1.84. The van der Waals surface area contributed by atoms with Gasteiger partial charge in [-0.05, 0) is 58.2 Å². The first-order valence-electron chi connectivity index (χ1n) is 8.53. The SMILES string of the molecule is Cc1cnn(C)c1S(=O)(=O)NC1CCN(CCCC(C)C)CC1. The van der Waals surface area contributed by atoms with E-state index in [9.17, 15) is 8.42 Å². The number of hydrogen-bond donors (Lipinski definition) is 1. The number of aryl methyl sites for hydroxylation is 2. The van der Waals surface area contributed by atoms with Gasteiger partial charge in [-0.3, -0.25) is 4.68 Å². The molecule has 2 rings (SSSR count). The predicted octanol–water partition coefficient (Wildman–Crippen LogP) is 1.91. The van der Waals surface area contributed by atoms with Crippen molar-refractivity contribution >= 4 is 10.0 Å². The smallest absolute Gasteiger partial charge is 0.258 e. The molecule has 1 aliphatic rings. The van der Waals surface area contributed by atoms with Gasteiger partial charge in [0.1, 0.15) is 0 Å². The zero-order valence-electron chi connectivity index (χ0n) is 14.7. The van der Waals surface area contributed by atoms with Crippen LogP contribution >= 0.6 is 0 Å². The molecule has 132 valence electrons. The number of rotatable bonds is 7. The minimum atomic E-state index is -3.49. The predicted molar refractivity (Wildman–Crippen MR) is 91.8 cm³/mol. The van der Waals surface area contributed by atoms with Gasteiger partial charge < -0.3 is 4.90 Å². The summed E-state index contributed by atoms with van der Waals surface area (Å²) in [6.07, 6.45) is 5.82. The summed E-state index contributed by atoms with van der Waals surface area (Å²) in [5, 5.41) is 4.30. The molecule has 0 saturated carbocycles. The summed E-state index contributed by atoms with van der Waals surface area (Å²) in [6.45, 7) is 9.34. The van der Waals surface area contributed by atoms with Crippen molar-refractivity contribution in [2.45, 2.75) is 57.5 Å². The number of hydrogen-bond acceptors (Lipinski definition) is 4. The third-order valence-corrected chi connectivity index (χ3v) is 6.21. The van der Waals surface area contributed by atoms with E-state index in [0.717, 1.165) is 38.4 Å². The minimum Gasteiger partial charge on any atom is -0.303 e. The summed E-state index contributed by atoms with van der Waals surface area (Å²) < 4.78 is 29.4. The fourth-order valence-corrected chi connectivity index (χ4v) is 4.85. The van der Waals surface area contributed by atoms with Gasteiger partial charge in [0.15, 0.2) is 5.03 Å². The quantitative estimate of drug-likeness (QED) is 0.822. The van der Waals surface area contributed by atoms with E-state index in [4.69, 9.17) is 0 Å². The maximum Gasteiger partial charge on any atom is 0.258 e. The molecule has 6 nitrogen and oxygen atoms in total. The molecule has 0 bridgehead atoms. The average molecular weight is 343 g/mol. The van der Waals surface area contributed by atoms with Crippen LogP contribution in [0.4, 0.5) is 0 Å². The molecule has 1 aromatic rings. The number of likely N-dealkylation sites (tertiary alicyclic amines) is 1. The first kappa shape index (κ1) is 18.4. The van der Waals surface area contributed by atoms with Gasteiger partial charge in [-0.25, -0.2) is 13.1 Å². The molecule has 0 unspecified atom stereocenters. The molecule has 0 radical (unpaired) electrons. The monoisotopic (exact) mass is 342 g/mol. The second-order valence-electron chi connectivity index (χ2n) is 7.03. The highest BCUT2D eigenvalue weighted by atomic mass is 32.2. The van der Waals surface area contributed by atoms with Crippen LogP contribution in [0.25, 0.3) is 0 Å². The molecule has 0 atom stereocenters. The average Bonchev–Trinajstić information content (AvgIpc) is 2.80. The Bertz CT molecular complexity index is 582. The van der Waals surface area contributed by atoms with Gasteiger partial charge in [-0.1, -0.05) is 13.8 Å². The topological polar surface area (TPSA) is 67.2 Å². The summed E-state index contributed by atoms with van der Waals surface area (Å²) in [7, 11) is -1.83. The largest absolute Gasteiger partial charge is 0.303 e. The molecule has 1 N–H and O–H groups in total. The maximum atomic E-state index is 12.5. The highest BCUT2D eigenvalue weighted by Gasteiger charge is 2.27. The molecule has 0 aliphatic carbocycles. The van der Waals surface area contributed by atoms with Crippen LogP contribution in [-0.2, 0) is 17.1 Å². The Labute approximate surface area is 140 Å². The van der Waals surface area contributed by atoms with Crippen LogP contribution in [0.2, 0.25) is 0 Å². The van der Waals surface area contributed by atoms with Crippen molar-refractivity contribution in [2.75, 3.05) is 19.6 Å². The van der Waals surface area contributed by atoms with Gasteiger partial charge in [0, 0.05) is 18.7 Å². The van der Waals surface area contributed by atoms with Crippen LogP contribution in [0.1, 0.15) is 45.1 Å². The van der Waals surface area contributed by atoms with Gasteiger partial charge in [0.05, 0.1) is 6.20 Å². The first-order valence-corrected chi connectivity index (χ1v) is 10.0. The van der Waals surface area contributed by atoms with Gasteiger partial charge >= 0.3 is 0 Å². The van der Waals surface area contributed by atoms with Gasteiger partial charge in [-0.2, -0.15) is 5.10 Å². The lowest BCUT2D eigenvalue weighted by atomic mass is 10.0. The third kappa shape index (κ3) is 5.02. The lowest BCUT2D eigenvalue weighted by Crippen LogP contribution is -2.45. The molecule has 1 aromatic heterocycles. The standard InChI is InChI=1S/C16H30N4O2S/c1-13(2)6-5-9-20-10-7-15(8-11-20)18-23(21,22)16-14(3)12-17-19(16)4/h12-13,15,18H,5-11H2,1-4H3. The van der Waals surface area contributed by atoms with E-state index in [-0.39, 0.29) is 11.1 Å². The molecule has 1 saturated heterocycles. The van der Waals surface area contributed by atoms with E-state index in [1.807, 2.05) is 0 Å². The Hall–Kier alpha value is -0.920. The second kappa shape index (κ2) is 7.77. The number of aromatic nitrogens is 2. The van der Waals surface area contributed by atoms with Crippen molar-refractivity contribution in [3.05, 3.63) is 11.8 Å². The number of piperidine rings is 1. The van der Waals surface area contributed by atoms with Crippen LogP contribution in [0.5, 0.6) is 0 Å². The van der Waals surface area contributed by atoms with Crippen LogP contribution in [0, 0.1) is 12.8 Å². The number of nitrogens with one attached hydrogen (secondary N) is 1. The fraction of sp³-hybridized carbons (Fsp3) is 0.812. The van der Waals surface area contributed by atoms with Gasteiger partial charge in [0.2, 0.25) is 0 Å². The molecular formula is C16H30N4O2S. The molecule has 7 heteroatoms. The molecule has 0 amide bonds. The van der Waals surface area contributed by atoms with Crippen molar-refractivity contribution in [1.82, 2.24) is 19.4 Å². The fourth-order valence-electron chi connectivity index (χ4n) is 3.19.